The molecule has 0 aliphatic carbocycles. The van der Waals surface area contributed by atoms with Crippen LogP contribution in [0.2, 0.25) is 0 Å². The molecule has 0 bridgehead atoms. The van der Waals surface area contributed by atoms with Crippen LogP contribution in [0.4, 0.5) is 0 Å². The highest BCUT2D eigenvalue weighted by molar-refractivity contribution is 8.00. The Bertz CT molecular complexity index is 468. The molecule has 2 amide bonds. The smallest absolute Gasteiger partial charge is 0.242 e. The molecule has 7 heteroatoms. The van der Waals surface area contributed by atoms with Gasteiger partial charge in [-0.3, -0.25) is 9.59 Å². The van der Waals surface area contributed by atoms with Crippen LogP contribution in [-0.4, -0.2) is 69.1 Å². The first kappa shape index (κ1) is 18.5. The third-order valence-electron chi connectivity index (χ3n) is 4.73. The molecule has 3 N–H and O–H groups in total. The molecule has 2 rings (SSSR count). The lowest BCUT2D eigenvalue weighted by Crippen LogP contribution is -2.58. The number of rotatable bonds is 2. The van der Waals surface area contributed by atoms with Crippen molar-refractivity contribution in [2.45, 2.75) is 57.6 Å². The molecule has 2 aliphatic rings. The second kappa shape index (κ2) is 6.61. The van der Waals surface area contributed by atoms with Gasteiger partial charge in [0.15, 0.2) is 0 Å². The molecular formula is C16H29N3O3S. The van der Waals surface area contributed by atoms with E-state index in [1.54, 1.807) is 4.90 Å². The maximum Gasteiger partial charge on any atom is 0.242 e. The number of nitrogens with zero attached hydrogens (tertiary/aromatic N) is 2. The van der Waals surface area contributed by atoms with E-state index in [0.717, 1.165) is 25.1 Å². The second-order valence-electron chi connectivity index (χ2n) is 7.59. The SMILES string of the molecule is C[C@@H](O)[C@H](N)C(=O)N1CCC2(CC1)SCCN2C(=O)C(C)(C)C. The molecule has 2 fully saturated rings. The van der Waals surface area contributed by atoms with Crippen LogP contribution < -0.4 is 5.73 Å². The summed E-state index contributed by atoms with van der Waals surface area (Å²) in [6, 6.07) is -0.868. The Kier molecular flexibility index (Phi) is 5.33. The van der Waals surface area contributed by atoms with Gasteiger partial charge < -0.3 is 20.6 Å². The van der Waals surface area contributed by atoms with E-state index < -0.39 is 12.1 Å². The maximum atomic E-state index is 12.7. The highest BCUT2D eigenvalue weighted by atomic mass is 32.2. The standard InChI is InChI=1S/C16H29N3O3S/c1-11(20)12(17)13(21)18-7-5-16(6-8-18)19(9-10-23-16)14(22)15(2,3)4/h11-12,20H,5-10,17H2,1-4H3/t11-,12+/m1/s1. The van der Waals surface area contributed by atoms with Gasteiger partial charge in [-0.05, 0) is 19.8 Å². The lowest BCUT2D eigenvalue weighted by atomic mass is 9.92. The number of aliphatic hydroxyl groups excluding tert-OH is 1. The van der Waals surface area contributed by atoms with Crippen LogP contribution >= 0.6 is 11.8 Å². The summed E-state index contributed by atoms with van der Waals surface area (Å²) in [7, 11) is 0. The average Bonchev–Trinajstić information content (AvgIpc) is 2.87. The zero-order valence-corrected chi connectivity index (χ0v) is 15.4. The van der Waals surface area contributed by atoms with Gasteiger partial charge in [0.2, 0.25) is 11.8 Å². The Morgan fingerprint density at radius 2 is 1.78 bits per heavy atom. The van der Waals surface area contributed by atoms with Crippen molar-refractivity contribution in [3.63, 3.8) is 0 Å². The van der Waals surface area contributed by atoms with E-state index in [4.69, 9.17) is 5.73 Å². The third kappa shape index (κ3) is 3.67. The fourth-order valence-corrected chi connectivity index (χ4v) is 4.66. The highest BCUT2D eigenvalue weighted by Crippen LogP contribution is 2.45. The highest BCUT2D eigenvalue weighted by Gasteiger charge is 2.49. The summed E-state index contributed by atoms with van der Waals surface area (Å²) < 4.78 is 0. The summed E-state index contributed by atoms with van der Waals surface area (Å²) in [4.78, 5) is 28.6. The number of aliphatic hydroxyl groups is 1. The predicted octanol–water partition coefficient (Wildman–Crippen LogP) is 0.635. The van der Waals surface area contributed by atoms with E-state index in [1.807, 2.05) is 37.4 Å². The van der Waals surface area contributed by atoms with Crippen molar-refractivity contribution in [2.24, 2.45) is 11.1 Å². The van der Waals surface area contributed by atoms with E-state index in [-0.39, 0.29) is 22.1 Å². The van der Waals surface area contributed by atoms with Crippen LogP contribution in [0.25, 0.3) is 0 Å². The van der Waals surface area contributed by atoms with Crippen LogP contribution in [0.3, 0.4) is 0 Å². The van der Waals surface area contributed by atoms with Crippen molar-refractivity contribution in [3.8, 4) is 0 Å². The van der Waals surface area contributed by atoms with Crippen molar-refractivity contribution < 1.29 is 14.7 Å². The zero-order chi connectivity index (χ0) is 17.4. The second-order valence-corrected chi connectivity index (χ2v) is 9.05. The largest absolute Gasteiger partial charge is 0.391 e. The van der Waals surface area contributed by atoms with Crippen molar-refractivity contribution in [1.82, 2.24) is 9.80 Å². The molecule has 0 aromatic carbocycles. The summed E-state index contributed by atoms with van der Waals surface area (Å²) in [6.45, 7) is 9.33. The van der Waals surface area contributed by atoms with Crippen LogP contribution in [0.5, 0.6) is 0 Å². The first-order valence-electron chi connectivity index (χ1n) is 8.27. The molecule has 1 spiro atoms. The Morgan fingerprint density at radius 1 is 1.22 bits per heavy atom. The molecule has 23 heavy (non-hydrogen) atoms. The molecular weight excluding hydrogens is 314 g/mol. The van der Waals surface area contributed by atoms with E-state index in [2.05, 4.69) is 0 Å². The minimum absolute atomic E-state index is 0.183. The van der Waals surface area contributed by atoms with Gasteiger partial charge in [0.05, 0.1) is 11.0 Å². The Balaban J connectivity index is 2.05. The van der Waals surface area contributed by atoms with Gasteiger partial charge in [-0.1, -0.05) is 20.8 Å². The fourth-order valence-electron chi connectivity index (χ4n) is 3.21. The monoisotopic (exact) mass is 343 g/mol. The Morgan fingerprint density at radius 3 is 2.26 bits per heavy atom. The summed E-state index contributed by atoms with van der Waals surface area (Å²) in [6.07, 6.45) is 0.674. The van der Waals surface area contributed by atoms with E-state index >= 15 is 0 Å². The van der Waals surface area contributed by atoms with Crippen molar-refractivity contribution in [2.75, 3.05) is 25.4 Å². The van der Waals surface area contributed by atoms with Gasteiger partial charge in [0, 0.05) is 30.8 Å². The molecule has 0 aromatic rings. The number of carbonyl (C=O) groups excluding carboxylic acids is 2. The summed E-state index contributed by atoms with van der Waals surface area (Å²) in [5.74, 6) is 0.928. The van der Waals surface area contributed by atoms with Gasteiger partial charge in [-0.15, -0.1) is 11.8 Å². The lowest BCUT2D eigenvalue weighted by Gasteiger charge is -2.46. The van der Waals surface area contributed by atoms with Crippen molar-refractivity contribution >= 4 is 23.6 Å². The summed E-state index contributed by atoms with van der Waals surface area (Å²) in [5, 5.41) is 9.50. The number of nitrogens with two attached hydrogens (primary N) is 1. The topological polar surface area (TPSA) is 86.9 Å². The summed E-state index contributed by atoms with van der Waals surface area (Å²) >= 11 is 1.83. The first-order chi connectivity index (χ1) is 10.6. The van der Waals surface area contributed by atoms with Crippen LogP contribution in [0.1, 0.15) is 40.5 Å². The molecule has 0 unspecified atom stereocenters. The summed E-state index contributed by atoms with van der Waals surface area (Å²) in [5.41, 5.74) is 5.37. The maximum absolute atomic E-state index is 12.7. The minimum atomic E-state index is -0.868. The normalized spacial score (nSPS) is 23.9. The van der Waals surface area contributed by atoms with Gasteiger partial charge in [-0.25, -0.2) is 0 Å². The average molecular weight is 343 g/mol. The third-order valence-corrected chi connectivity index (χ3v) is 6.28. The number of hydrogen-bond acceptors (Lipinski definition) is 5. The molecule has 6 nitrogen and oxygen atoms in total. The van der Waals surface area contributed by atoms with E-state index in [0.29, 0.717) is 13.1 Å². The van der Waals surface area contributed by atoms with Crippen molar-refractivity contribution in [3.05, 3.63) is 0 Å². The number of amides is 2. The molecule has 0 radical (unpaired) electrons. The quantitative estimate of drug-likeness (QED) is 0.768. The fraction of sp³-hybridized carbons (Fsp3) is 0.875. The van der Waals surface area contributed by atoms with Crippen LogP contribution in [-0.2, 0) is 9.59 Å². The van der Waals surface area contributed by atoms with Gasteiger partial charge >= 0.3 is 0 Å². The molecule has 2 heterocycles. The molecule has 132 valence electrons. The number of thioether (sulfide) groups is 1. The number of likely N-dealkylation sites (tertiary alicyclic amines) is 1. The number of hydrogen-bond donors (Lipinski definition) is 2. The molecule has 2 saturated heterocycles. The van der Waals surface area contributed by atoms with Crippen LogP contribution in [0.15, 0.2) is 0 Å². The first-order valence-corrected chi connectivity index (χ1v) is 9.25. The van der Waals surface area contributed by atoms with Gasteiger partial charge in [0.1, 0.15) is 6.04 Å². The lowest BCUT2D eigenvalue weighted by molar-refractivity contribution is -0.144. The Hall–Kier alpha value is -0.790. The van der Waals surface area contributed by atoms with Crippen molar-refractivity contribution in [1.29, 1.82) is 0 Å². The van der Waals surface area contributed by atoms with Crippen LogP contribution in [0, 0.1) is 5.41 Å². The minimum Gasteiger partial charge on any atom is -0.391 e. The van der Waals surface area contributed by atoms with Gasteiger partial charge in [-0.2, -0.15) is 0 Å². The number of carbonyl (C=O) groups is 2. The number of piperidine rings is 1. The molecule has 2 aliphatic heterocycles. The predicted molar refractivity (Wildman–Crippen MR) is 91.8 cm³/mol. The van der Waals surface area contributed by atoms with E-state index in [1.165, 1.54) is 6.92 Å². The molecule has 0 aromatic heterocycles. The molecule has 0 saturated carbocycles. The van der Waals surface area contributed by atoms with Gasteiger partial charge in [0.25, 0.3) is 0 Å². The molecule has 2 atom stereocenters. The van der Waals surface area contributed by atoms with E-state index in [9.17, 15) is 14.7 Å². The Labute approximate surface area is 142 Å². The zero-order valence-electron chi connectivity index (χ0n) is 14.5.